The number of hydrogen-bond donors (Lipinski definition) is 1. The van der Waals surface area contributed by atoms with Gasteiger partial charge in [0.25, 0.3) is 0 Å². The maximum atomic E-state index is 13.4. The smallest absolute Gasteiger partial charge is 0.226 e. The SMILES string of the molecule is COc1ccc([C@H]2C[C@H](NC(=O)C(C)(C)C)C[C@@H]2C(=O)N2CCN(C)CC2)cc1. The molecule has 1 heterocycles. The molecule has 29 heavy (non-hydrogen) atoms. The summed E-state index contributed by atoms with van der Waals surface area (Å²) in [5.41, 5.74) is 0.709. The maximum absolute atomic E-state index is 13.4. The number of likely N-dealkylation sites (N-methyl/N-ethyl adjacent to an activating group) is 1. The zero-order valence-electron chi connectivity index (χ0n) is 18.4. The van der Waals surface area contributed by atoms with Gasteiger partial charge in [0.05, 0.1) is 7.11 Å². The molecular formula is C23H35N3O3. The first-order valence-corrected chi connectivity index (χ1v) is 10.6. The Morgan fingerprint density at radius 2 is 1.66 bits per heavy atom. The fourth-order valence-electron chi connectivity index (χ4n) is 4.31. The molecule has 2 aliphatic rings. The molecule has 2 amide bonds. The van der Waals surface area contributed by atoms with Gasteiger partial charge in [0.1, 0.15) is 5.75 Å². The molecule has 1 aromatic rings. The number of amides is 2. The summed E-state index contributed by atoms with van der Waals surface area (Å²) in [4.78, 5) is 30.2. The van der Waals surface area contributed by atoms with Crippen LogP contribution in [0.1, 0.15) is 45.1 Å². The van der Waals surface area contributed by atoms with E-state index in [1.165, 1.54) is 0 Å². The Balaban J connectivity index is 1.79. The summed E-state index contributed by atoms with van der Waals surface area (Å²) in [7, 11) is 3.75. The Hall–Kier alpha value is -2.08. The molecule has 1 aliphatic heterocycles. The fourth-order valence-corrected chi connectivity index (χ4v) is 4.31. The van der Waals surface area contributed by atoms with E-state index in [1.807, 2.05) is 37.8 Å². The standard InChI is InChI=1S/C23H35N3O3/c1-23(2,3)22(28)24-17-14-19(16-6-8-18(29-5)9-7-16)20(15-17)21(27)26-12-10-25(4)11-13-26/h6-9,17,19-20H,10-15H2,1-5H3,(H,24,28)/t17-,19+,20-/m0/s1. The highest BCUT2D eigenvalue weighted by Crippen LogP contribution is 2.41. The molecule has 6 heteroatoms. The van der Waals surface area contributed by atoms with Gasteiger partial charge in [0.15, 0.2) is 0 Å². The molecular weight excluding hydrogens is 366 g/mol. The van der Waals surface area contributed by atoms with Crippen molar-refractivity contribution in [1.82, 2.24) is 15.1 Å². The number of rotatable bonds is 4. The van der Waals surface area contributed by atoms with Crippen molar-refractivity contribution in [2.75, 3.05) is 40.3 Å². The lowest BCUT2D eigenvalue weighted by molar-refractivity contribution is -0.137. The van der Waals surface area contributed by atoms with Crippen LogP contribution < -0.4 is 10.1 Å². The molecule has 160 valence electrons. The number of carbonyl (C=O) groups excluding carboxylic acids is 2. The van der Waals surface area contributed by atoms with Gasteiger partial charge in [-0.15, -0.1) is 0 Å². The van der Waals surface area contributed by atoms with Crippen LogP contribution in [0, 0.1) is 11.3 Å². The first-order valence-electron chi connectivity index (χ1n) is 10.6. The van der Waals surface area contributed by atoms with E-state index in [0.717, 1.165) is 43.9 Å². The van der Waals surface area contributed by atoms with Gasteiger partial charge in [0, 0.05) is 43.6 Å². The van der Waals surface area contributed by atoms with Crippen molar-refractivity contribution < 1.29 is 14.3 Å². The Bertz CT molecular complexity index is 718. The highest BCUT2D eigenvalue weighted by atomic mass is 16.5. The number of piperazine rings is 1. The number of benzene rings is 1. The van der Waals surface area contributed by atoms with Crippen molar-refractivity contribution in [3.05, 3.63) is 29.8 Å². The average molecular weight is 402 g/mol. The molecule has 0 aromatic heterocycles. The number of methoxy groups -OCH3 is 1. The summed E-state index contributed by atoms with van der Waals surface area (Å²) < 4.78 is 5.29. The molecule has 1 saturated heterocycles. The van der Waals surface area contributed by atoms with Gasteiger partial charge >= 0.3 is 0 Å². The maximum Gasteiger partial charge on any atom is 0.226 e. The van der Waals surface area contributed by atoms with Crippen LogP contribution >= 0.6 is 0 Å². The summed E-state index contributed by atoms with van der Waals surface area (Å²) in [6, 6.07) is 8.04. The van der Waals surface area contributed by atoms with E-state index >= 15 is 0 Å². The molecule has 6 nitrogen and oxygen atoms in total. The van der Waals surface area contributed by atoms with Gasteiger partial charge in [-0.05, 0) is 43.5 Å². The summed E-state index contributed by atoms with van der Waals surface area (Å²) in [6.45, 7) is 9.15. The predicted molar refractivity (Wildman–Crippen MR) is 114 cm³/mol. The van der Waals surface area contributed by atoms with Crippen LogP contribution in [0.25, 0.3) is 0 Å². The van der Waals surface area contributed by atoms with Crippen LogP contribution in [-0.4, -0.2) is 68.0 Å². The monoisotopic (exact) mass is 401 g/mol. The second kappa shape index (κ2) is 8.74. The van der Waals surface area contributed by atoms with E-state index in [0.29, 0.717) is 6.42 Å². The minimum Gasteiger partial charge on any atom is -0.497 e. The Morgan fingerprint density at radius 3 is 2.21 bits per heavy atom. The molecule has 2 fully saturated rings. The van der Waals surface area contributed by atoms with Crippen molar-refractivity contribution in [2.24, 2.45) is 11.3 Å². The van der Waals surface area contributed by atoms with Crippen molar-refractivity contribution in [3.63, 3.8) is 0 Å². The number of nitrogens with one attached hydrogen (secondary N) is 1. The second-order valence-electron chi connectivity index (χ2n) is 9.51. The van der Waals surface area contributed by atoms with Gasteiger partial charge in [-0.3, -0.25) is 9.59 Å². The van der Waals surface area contributed by atoms with Crippen LogP contribution in [0.5, 0.6) is 5.75 Å². The summed E-state index contributed by atoms with van der Waals surface area (Å²) in [6.07, 6.45) is 1.49. The van der Waals surface area contributed by atoms with E-state index in [1.54, 1.807) is 7.11 Å². The number of carbonyl (C=O) groups is 2. The van der Waals surface area contributed by atoms with Crippen molar-refractivity contribution >= 4 is 11.8 Å². The minimum absolute atomic E-state index is 0.0234. The van der Waals surface area contributed by atoms with E-state index in [2.05, 4.69) is 29.4 Å². The van der Waals surface area contributed by atoms with E-state index in [4.69, 9.17) is 4.74 Å². The van der Waals surface area contributed by atoms with Gasteiger partial charge in [-0.1, -0.05) is 32.9 Å². The first-order chi connectivity index (χ1) is 13.7. The van der Waals surface area contributed by atoms with Crippen molar-refractivity contribution in [3.8, 4) is 5.75 Å². The van der Waals surface area contributed by atoms with Crippen LogP contribution in [0.3, 0.4) is 0 Å². The highest BCUT2D eigenvalue weighted by Gasteiger charge is 2.42. The normalized spacial score (nSPS) is 25.7. The van der Waals surface area contributed by atoms with Crippen LogP contribution in [0.15, 0.2) is 24.3 Å². The third kappa shape index (κ3) is 5.10. The first kappa shape index (κ1) is 21.6. The lowest BCUT2D eigenvalue weighted by atomic mass is 9.87. The van der Waals surface area contributed by atoms with E-state index in [-0.39, 0.29) is 29.7 Å². The summed E-state index contributed by atoms with van der Waals surface area (Å²) in [5, 5.41) is 3.19. The molecule has 0 radical (unpaired) electrons. The third-order valence-corrected chi connectivity index (χ3v) is 6.26. The van der Waals surface area contributed by atoms with Gasteiger partial charge in [0.2, 0.25) is 11.8 Å². The molecule has 1 aromatic carbocycles. The lowest BCUT2D eigenvalue weighted by Gasteiger charge is -2.35. The molecule has 3 rings (SSSR count). The van der Waals surface area contributed by atoms with Crippen LogP contribution in [0.4, 0.5) is 0 Å². The lowest BCUT2D eigenvalue weighted by Crippen LogP contribution is -2.49. The molecule has 3 atom stereocenters. The fraction of sp³-hybridized carbons (Fsp3) is 0.652. The van der Waals surface area contributed by atoms with Crippen molar-refractivity contribution in [1.29, 1.82) is 0 Å². The largest absolute Gasteiger partial charge is 0.497 e. The molecule has 1 saturated carbocycles. The molecule has 0 unspecified atom stereocenters. The van der Waals surface area contributed by atoms with E-state index < -0.39 is 5.41 Å². The number of nitrogens with zero attached hydrogens (tertiary/aromatic N) is 2. The third-order valence-electron chi connectivity index (χ3n) is 6.26. The Labute approximate surface area is 174 Å². The van der Waals surface area contributed by atoms with Crippen LogP contribution in [0.2, 0.25) is 0 Å². The molecule has 0 spiro atoms. The predicted octanol–water partition coefficient (Wildman–Crippen LogP) is 2.49. The summed E-state index contributed by atoms with van der Waals surface area (Å²) in [5.74, 6) is 1.09. The van der Waals surface area contributed by atoms with Gasteiger partial charge in [-0.2, -0.15) is 0 Å². The highest BCUT2D eigenvalue weighted by molar-refractivity contribution is 5.83. The van der Waals surface area contributed by atoms with Crippen LogP contribution in [-0.2, 0) is 9.59 Å². The second-order valence-corrected chi connectivity index (χ2v) is 9.51. The Morgan fingerprint density at radius 1 is 1.03 bits per heavy atom. The minimum atomic E-state index is -0.435. The Kier molecular flexibility index (Phi) is 6.52. The quantitative estimate of drug-likeness (QED) is 0.842. The average Bonchev–Trinajstić information content (AvgIpc) is 3.11. The topological polar surface area (TPSA) is 61.9 Å². The number of ether oxygens (including phenoxy) is 1. The van der Waals surface area contributed by atoms with E-state index in [9.17, 15) is 9.59 Å². The molecule has 1 aliphatic carbocycles. The van der Waals surface area contributed by atoms with Gasteiger partial charge < -0.3 is 19.9 Å². The van der Waals surface area contributed by atoms with Crippen molar-refractivity contribution in [2.45, 2.75) is 45.6 Å². The molecule has 1 N–H and O–H groups in total. The molecule has 0 bridgehead atoms. The number of hydrogen-bond acceptors (Lipinski definition) is 4. The summed E-state index contributed by atoms with van der Waals surface area (Å²) >= 11 is 0. The van der Waals surface area contributed by atoms with Gasteiger partial charge in [-0.25, -0.2) is 0 Å². The zero-order chi connectivity index (χ0) is 21.2. The zero-order valence-corrected chi connectivity index (χ0v) is 18.4.